The Bertz CT molecular complexity index is 1130. The maximum absolute atomic E-state index is 14.5. The van der Waals surface area contributed by atoms with Crippen molar-refractivity contribution in [3.63, 3.8) is 0 Å². The minimum atomic E-state index is -2.72. The molecule has 0 amide bonds. The lowest BCUT2D eigenvalue weighted by molar-refractivity contribution is -0.0361. The van der Waals surface area contributed by atoms with Crippen molar-refractivity contribution >= 4 is 17.6 Å². The third-order valence-electron chi connectivity index (χ3n) is 5.13. The molecule has 0 aliphatic heterocycles. The van der Waals surface area contributed by atoms with Gasteiger partial charge < -0.3 is 16.4 Å². The molecule has 4 N–H and O–H groups in total. The van der Waals surface area contributed by atoms with E-state index >= 15 is 0 Å². The number of halogens is 5. The summed E-state index contributed by atoms with van der Waals surface area (Å²) in [5.74, 6) is -5.41. The van der Waals surface area contributed by atoms with E-state index in [4.69, 9.17) is 5.73 Å². The molecule has 1 aliphatic rings. The molecule has 0 radical (unpaired) electrons. The second kappa shape index (κ2) is 9.22. The second-order valence-electron chi connectivity index (χ2n) is 7.70. The number of anilines is 3. The summed E-state index contributed by atoms with van der Waals surface area (Å²) in [6, 6.07) is 4.99. The predicted octanol–water partition coefficient (Wildman–Crippen LogP) is 4.54. The van der Waals surface area contributed by atoms with Crippen molar-refractivity contribution in [1.29, 1.82) is 0 Å². The molecule has 12 heteroatoms. The van der Waals surface area contributed by atoms with Gasteiger partial charge in [0.15, 0.2) is 11.6 Å². The quantitative estimate of drug-likeness (QED) is 0.460. The van der Waals surface area contributed by atoms with Crippen LogP contribution in [-0.4, -0.2) is 31.9 Å². The number of hydrogen-bond donors (Lipinski definition) is 3. The monoisotopic (exact) mass is 465 g/mol. The summed E-state index contributed by atoms with van der Waals surface area (Å²) < 4.78 is 68.7. The summed E-state index contributed by atoms with van der Waals surface area (Å²) in [6.07, 6.45) is -0.210. The number of hydrogen-bond acceptors (Lipinski definition) is 7. The fourth-order valence-corrected chi connectivity index (χ4v) is 3.48. The fourth-order valence-electron chi connectivity index (χ4n) is 3.48. The molecule has 33 heavy (non-hydrogen) atoms. The highest BCUT2D eigenvalue weighted by Crippen LogP contribution is 2.34. The third kappa shape index (κ3) is 5.69. The first-order valence-corrected chi connectivity index (χ1v) is 10.2. The van der Waals surface area contributed by atoms with Crippen molar-refractivity contribution in [3.05, 3.63) is 53.5 Å². The Balaban J connectivity index is 1.69. The highest BCUT2D eigenvalue weighted by Gasteiger charge is 2.35. The van der Waals surface area contributed by atoms with Crippen LogP contribution in [0.3, 0.4) is 0 Å². The van der Waals surface area contributed by atoms with E-state index in [1.54, 1.807) is 0 Å². The van der Waals surface area contributed by atoms with Crippen molar-refractivity contribution in [2.45, 2.75) is 44.2 Å². The van der Waals surface area contributed by atoms with E-state index in [2.05, 4.69) is 30.6 Å². The van der Waals surface area contributed by atoms with E-state index < -0.39 is 23.4 Å². The Kier molecular flexibility index (Phi) is 6.36. The third-order valence-corrected chi connectivity index (χ3v) is 5.13. The SMILES string of the molecule is NCc1ccc(F)c(-c2nc(Nc3cc(F)cc(F)c3)nc(NC3CCC(F)(F)CC3)n2)n1. The maximum atomic E-state index is 14.5. The van der Waals surface area contributed by atoms with Crippen LogP contribution in [0.25, 0.3) is 11.5 Å². The Hall–Kier alpha value is -3.41. The number of rotatable bonds is 6. The summed E-state index contributed by atoms with van der Waals surface area (Å²) in [7, 11) is 0. The molecule has 1 fully saturated rings. The van der Waals surface area contributed by atoms with Crippen LogP contribution in [0.4, 0.5) is 39.5 Å². The van der Waals surface area contributed by atoms with Gasteiger partial charge in [0.05, 0.1) is 5.69 Å². The first kappa shape index (κ1) is 22.8. The average molecular weight is 465 g/mol. The number of aromatic nitrogens is 4. The summed E-state index contributed by atoms with van der Waals surface area (Å²) in [5, 5.41) is 5.62. The van der Waals surface area contributed by atoms with Gasteiger partial charge in [-0.3, -0.25) is 0 Å². The van der Waals surface area contributed by atoms with Crippen LogP contribution in [-0.2, 0) is 6.54 Å². The van der Waals surface area contributed by atoms with Gasteiger partial charge in [-0.15, -0.1) is 0 Å². The number of benzene rings is 1. The van der Waals surface area contributed by atoms with E-state index in [1.807, 2.05) is 0 Å². The van der Waals surface area contributed by atoms with Gasteiger partial charge in [-0.05, 0) is 37.1 Å². The van der Waals surface area contributed by atoms with Crippen LogP contribution in [0.5, 0.6) is 0 Å². The number of nitrogens with one attached hydrogen (secondary N) is 2. The van der Waals surface area contributed by atoms with Gasteiger partial charge in [0, 0.05) is 37.2 Å². The second-order valence-corrected chi connectivity index (χ2v) is 7.70. The van der Waals surface area contributed by atoms with Crippen LogP contribution < -0.4 is 16.4 Å². The molecule has 1 aromatic carbocycles. The van der Waals surface area contributed by atoms with E-state index in [9.17, 15) is 22.0 Å². The number of nitrogens with two attached hydrogens (primary N) is 1. The van der Waals surface area contributed by atoms with Crippen molar-refractivity contribution < 1.29 is 22.0 Å². The lowest BCUT2D eigenvalue weighted by Gasteiger charge is -2.28. The molecule has 2 aromatic heterocycles. The van der Waals surface area contributed by atoms with Crippen LogP contribution in [0.1, 0.15) is 31.4 Å². The fraction of sp³-hybridized carbons (Fsp3) is 0.333. The zero-order chi connectivity index (χ0) is 23.6. The Morgan fingerprint density at radius 1 is 0.909 bits per heavy atom. The Morgan fingerprint density at radius 2 is 1.58 bits per heavy atom. The molecule has 0 unspecified atom stereocenters. The van der Waals surface area contributed by atoms with Crippen LogP contribution >= 0.6 is 0 Å². The molecule has 0 atom stereocenters. The van der Waals surface area contributed by atoms with Gasteiger partial charge in [-0.1, -0.05) is 0 Å². The Labute approximate surface area is 185 Å². The molecule has 7 nitrogen and oxygen atoms in total. The predicted molar refractivity (Wildman–Crippen MR) is 111 cm³/mol. The largest absolute Gasteiger partial charge is 0.351 e. The summed E-state index contributed by atoms with van der Waals surface area (Å²) in [6.45, 7) is 0.0490. The normalized spacial score (nSPS) is 15.9. The Morgan fingerprint density at radius 3 is 2.24 bits per heavy atom. The standard InChI is InChI=1S/C21H20F5N7/c22-11-7-12(23)9-15(8-11)30-20-32-18(17-16(24)2-1-14(10-27)28-17)31-19(33-20)29-13-3-5-21(25,26)6-4-13/h1-2,7-9,13H,3-6,10,27H2,(H2,29,30,31,32,33). The van der Waals surface area contributed by atoms with Crippen molar-refractivity contribution in [1.82, 2.24) is 19.9 Å². The van der Waals surface area contributed by atoms with Crippen molar-refractivity contribution in [2.24, 2.45) is 5.73 Å². The minimum Gasteiger partial charge on any atom is -0.351 e. The van der Waals surface area contributed by atoms with Gasteiger partial charge in [0.2, 0.25) is 17.8 Å². The molecule has 174 valence electrons. The van der Waals surface area contributed by atoms with Gasteiger partial charge in [0.1, 0.15) is 17.3 Å². The van der Waals surface area contributed by atoms with E-state index in [-0.39, 0.29) is 67.4 Å². The molecular formula is C21H20F5N7. The van der Waals surface area contributed by atoms with Crippen LogP contribution in [0.2, 0.25) is 0 Å². The summed E-state index contributed by atoms with van der Waals surface area (Å²) >= 11 is 0. The average Bonchev–Trinajstić information content (AvgIpc) is 2.75. The van der Waals surface area contributed by atoms with Gasteiger partial charge in [-0.2, -0.15) is 15.0 Å². The maximum Gasteiger partial charge on any atom is 0.248 e. The van der Waals surface area contributed by atoms with Gasteiger partial charge in [-0.25, -0.2) is 26.9 Å². The zero-order valence-electron chi connectivity index (χ0n) is 17.3. The molecular weight excluding hydrogens is 445 g/mol. The molecule has 2 heterocycles. The van der Waals surface area contributed by atoms with Crippen molar-refractivity contribution in [2.75, 3.05) is 10.6 Å². The lowest BCUT2D eigenvalue weighted by atomic mass is 9.92. The first-order valence-electron chi connectivity index (χ1n) is 10.2. The molecule has 0 bridgehead atoms. The number of pyridine rings is 1. The highest BCUT2D eigenvalue weighted by atomic mass is 19.3. The van der Waals surface area contributed by atoms with Crippen molar-refractivity contribution in [3.8, 4) is 11.5 Å². The smallest absolute Gasteiger partial charge is 0.248 e. The number of alkyl halides is 2. The number of nitrogens with zero attached hydrogens (tertiary/aromatic N) is 4. The molecule has 0 saturated heterocycles. The molecule has 3 aromatic rings. The van der Waals surface area contributed by atoms with Gasteiger partial charge >= 0.3 is 0 Å². The zero-order valence-corrected chi connectivity index (χ0v) is 17.3. The van der Waals surface area contributed by atoms with Crippen LogP contribution in [0.15, 0.2) is 30.3 Å². The summed E-state index contributed by atoms with van der Waals surface area (Å²) in [5.41, 5.74) is 5.78. The summed E-state index contributed by atoms with van der Waals surface area (Å²) in [4.78, 5) is 16.6. The molecule has 4 rings (SSSR count). The topological polar surface area (TPSA) is 102 Å². The van der Waals surface area contributed by atoms with E-state index in [0.717, 1.165) is 12.1 Å². The first-order chi connectivity index (χ1) is 15.7. The minimum absolute atomic E-state index is 0.0112. The highest BCUT2D eigenvalue weighted by molar-refractivity contribution is 5.59. The molecule has 0 spiro atoms. The molecule has 1 aliphatic carbocycles. The van der Waals surface area contributed by atoms with E-state index in [0.29, 0.717) is 11.8 Å². The van der Waals surface area contributed by atoms with Gasteiger partial charge in [0.25, 0.3) is 0 Å². The van der Waals surface area contributed by atoms with Crippen LogP contribution in [0, 0.1) is 17.5 Å². The van der Waals surface area contributed by atoms with E-state index in [1.165, 1.54) is 12.1 Å². The lowest BCUT2D eigenvalue weighted by Crippen LogP contribution is -2.32. The molecule has 1 saturated carbocycles.